The van der Waals surface area contributed by atoms with E-state index in [1.807, 2.05) is 26.0 Å². The molecule has 39 heavy (non-hydrogen) atoms. The van der Waals surface area contributed by atoms with Gasteiger partial charge in [-0.1, -0.05) is 58.6 Å². The van der Waals surface area contributed by atoms with Gasteiger partial charge in [0, 0.05) is 51.2 Å². The number of amides is 2. The molecule has 2 aliphatic heterocycles. The first-order valence-electron chi connectivity index (χ1n) is 14.0. The summed E-state index contributed by atoms with van der Waals surface area (Å²) in [5, 5.41) is 1.10. The molecule has 0 aromatic heterocycles. The van der Waals surface area contributed by atoms with Crippen LogP contribution in [0, 0.1) is 13.8 Å². The SMILES string of the molecule is Cc1cc(C)cc(CC(=O)N2CCCC(c3ccc(Cl)c(Cl)c3)C2CCN2CCN(C(C)(C)C(N)=O)CC2)c1. The Morgan fingerprint density at radius 2 is 1.62 bits per heavy atom. The van der Waals surface area contributed by atoms with Crippen LogP contribution in [0.5, 0.6) is 0 Å². The van der Waals surface area contributed by atoms with Crippen LogP contribution < -0.4 is 5.73 Å². The van der Waals surface area contributed by atoms with Gasteiger partial charge in [0.25, 0.3) is 0 Å². The molecule has 0 spiro atoms. The Morgan fingerprint density at radius 1 is 0.949 bits per heavy atom. The van der Waals surface area contributed by atoms with Crippen molar-refractivity contribution in [2.24, 2.45) is 5.73 Å². The maximum Gasteiger partial charge on any atom is 0.237 e. The largest absolute Gasteiger partial charge is 0.368 e. The van der Waals surface area contributed by atoms with Gasteiger partial charge in [-0.15, -0.1) is 0 Å². The number of carbonyl (C=O) groups excluding carboxylic acids is 2. The first-order valence-corrected chi connectivity index (χ1v) is 14.8. The van der Waals surface area contributed by atoms with E-state index in [0.717, 1.165) is 69.7 Å². The first-order chi connectivity index (χ1) is 18.5. The number of hydrogen-bond donors (Lipinski definition) is 1. The van der Waals surface area contributed by atoms with E-state index < -0.39 is 5.54 Å². The molecule has 0 aliphatic carbocycles. The molecule has 0 bridgehead atoms. The number of hydrogen-bond acceptors (Lipinski definition) is 4. The number of aryl methyl sites for hydroxylation is 2. The number of nitrogens with zero attached hydrogens (tertiary/aromatic N) is 3. The van der Waals surface area contributed by atoms with Gasteiger partial charge in [-0.25, -0.2) is 0 Å². The number of primary amides is 1. The number of carbonyl (C=O) groups is 2. The molecule has 8 heteroatoms. The fraction of sp³-hybridized carbons (Fsp3) is 0.548. The first kappa shape index (κ1) is 29.9. The van der Waals surface area contributed by atoms with Gasteiger partial charge in [0.15, 0.2) is 0 Å². The van der Waals surface area contributed by atoms with Crippen LogP contribution in [0.3, 0.4) is 0 Å². The molecular weight excluding hydrogens is 531 g/mol. The van der Waals surface area contributed by atoms with Crippen molar-refractivity contribution < 1.29 is 9.59 Å². The highest BCUT2D eigenvalue weighted by Gasteiger charge is 2.37. The summed E-state index contributed by atoms with van der Waals surface area (Å²) in [6, 6.07) is 12.4. The topological polar surface area (TPSA) is 69.9 Å². The van der Waals surface area contributed by atoms with Crippen molar-refractivity contribution >= 4 is 35.0 Å². The highest BCUT2D eigenvalue weighted by molar-refractivity contribution is 6.42. The Kier molecular flexibility index (Phi) is 9.64. The molecule has 2 aromatic rings. The Bertz CT molecular complexity index is 1170. The van der Waals surface area contributed by atoms with Gasteiger partial charge < -0.3 is 15.5 Å². The van der Waals surface area contributed by atoms with Gasteiger partial charge >= 0.3 is 0 Å². The number of halogens is 2. The molecular formula is C31H42Cl2N4O2. The highest BCUT2D eigenvalue weighted by atomic mass is 35.5. The van der Waals surface area contributed by atoms with Crippen LogP contribution in [0.25, 0.3) is 0 Å². The molecule has 212 valence electrons. The van der Waals surface area contributed by atoms with Crippen molar-refractivity contribution in [1.82, 2.24) is 14.7 Å². The van der Waals surface area contributed by atoms with E-state index in [9.17, 15) is 9.59 Å². The summed E-state index contributed by atoms with van der Waals surface area (Å²) in [5.74, 6) is 0.0927. The van der Waals surface area contributed by atoms with E-state index in [0.29, 0.717) is 16.5 Å². The Labute approximate surface area is 243 Å². The second-order valence-electron chi connectivity index (χ2n) is 11.8. The fourth-order valence-corrected chi connectivity index (χ4v) is 6.61. The lowest BCUT2D eigenvalue weighted by Gasteiger charge is -2.45. The van der Waals surface area contributed by atoms with E-state index in [-0.39, 0.29) is 23.8 Å². The monoisotopic (exact) mass is 572 g/mol. The molecule has 2 N–H and O–H groups in total. The van der Waals surface area contributed by atoms with Crippen LogP contribution in [0.2, 0.25) is 10.0 Å². The van der Waals surface area contributed by atoms with Crippen molar-refractivity contribution in [3.63, 3.8) is 0 Å². The molecule has 2 saturated heterocycles. The minimum atomic E-state index is -0.647. The lowest BCUT2D eigenvalue weighted by Crippen LogP contribution is -2.60. The lowest BCUT2D eigenvalue weighted by molar-refractivity contribution is -0.135. The number of piperidine rings is 1. The van der Waals surface area contributed by atoms with Crippen molar-refractivity contribution in [3.05, 3.63) is 68.7 Å². The van der Waals surface area contributed by atoms with Crippen LogP contribution in [0.4, 0.5) is 0 Å². The molecule has 2 heterocycles. The summed E-state index contributed by atoms with van der Waals surface area (Å²) in [7, 11) is 0. The molecule has 2 fully saturated rings. The smallest absolute Gasteiger partial charge is 0.237 e. The molecule has 0 saturated carbocycles. The molecule has 4 rings (SSSR count). The van der Waals surface area contributed by atoms with Crippen molar-refractivity contribution in [2.45, 2.75) is 70.9 Å². The van der Waals surface area contributed by atoms with Gasteiger partial charge in [0.1, 0.15) is 0 Å². The molecule has 2 aliphatic rings. The van der Waals surface area contributed by atoms with Gasteiger partial charge in [-0.05, 0) is 70.2 Å². The fourth-order valence-electron chi connectivity index (χ4n) is 6.30. The van der Waals surface area contributed by atoms with Crippen LogP contribution in [-0.4, -0.2) is 77.4 Å². The normalized spacial score (nSPS) is 21.2. The summed E-state index contributed by atoms with van der Waals surface area (Å²) in [4.78, 5) is 32.5. The quantitative estimate of drug-likeness (QED) is 0.472. The second kappa shape index (κ2) is 12.6. The maximum atomic E-state index is 13.8. The Morgan fingerprint density at radius 3 is 2.23 bits per heavy atom. The van der Waals surface area contributed by atoms with Crippen LogP contribution in [0.15, 0.2) is 36.4 Å². The van der Waals surface area contributed by atoms with Gasteiger partial charge in [-0.3, -0.25) is 14.5 Å². The molecule has 2 atom stereocenters. The maximum absolute atomic E-state index is 13.8. The summed E-state index contributed by atoms with van der Waals surface area (Å²) in [6.07, 6.45) is 3.26. The number of benzene rings is 2. The van der Waals surface area contributed by atoms with Gasteiger partial charge in [0.2, 0.25) is 11.8 Å². The van der Waals surface area contributed by atoms with Gasteiger partial charge in [-0.2, -0.15) is 0 Å². The highest BCUT2D eigenvalue weighted by Crippen LogP contribution is 2.37. The average molecular weight is 574 g/mol. The molecule has 6 nitrogen and oxygen atoms in total. The second-order valence-corrected chi connectivity index (χ2v) is 12.6. The predicted octanol–water partition coefficient (Wildman–Crippen LogP) is 5.20. The van der Waals surface area contributed by atoms with E-state index in [4.69, 9.17) is 28.9 Å². The number of rotatable bonds is 8. The standard InChI is InChI=1S/C31H42Cl2N4O2/c1-21-16-22(2)18-23(17-21)19-29(38)37-10-5-6-25(24-7-8-26(32)27(33)20-24)28(37)9-11-35-12-14-36(15-13-35)31(3,4)30(34)39/h7-8,16-18,20,25,28H,5-6,9-15,19H2,1-4H3,(H2,34,39). The lowest BCUT2D eigenvalue weighted by atomic mass is 9.81. The average Bonchev–Trinajstić information content (AvgIpc) is 2.88. The summed E-state index contributed by atoms with van der Waals surface area (Å²) >= 11 is 12.7. The minimum absolute atomic E-state index is 0.0782. The Hall–Kier alpha value is -2.12. The number of piperazine rings is 1. The summed E-state index contributed by atoms with van der Waals surface area (Å²) in [6.45, 7) is 13.0. The third-order valence-electron chi connectivity index (χ3n) is 8.61. The number of nitrogens with two attached hydrogens (primary N) is 1. The van der Waals surface area contributed by atoms with Crippen molar-refractivity contribution in [2.75, 3.05) is 39.3 Å². The van der Waals surface area contributed by atoms with Gasteiger partial charge in [0.05, 0.1) is 22.0 Å². The molecule has 2 aromatic carbocycles. The van der Waals surface area contributed by atoms with Crippen molar-refractivity contribution in [3.8, 4) is 0 Å². The van der Waals surface area contributed by atoms with E-state index in [1.165, 1.54) is 11.1 Å². The van der Waals surface area contributed by atoms with E-state index in [1.54, 1.807) is 0 Å². The molecule has 0 radical (unpaired) electrons. The van der Waals surface area contributed by atoms with Crippen LogP contribution >= 0.6 is 23.2 Å². The zero-order chi connectivity index (χ0) is 28.3. The van der Waals surface area contributed by atoms with Crippen LogP contribution in [-0.2, 0) is 16.0 Å². The molecule has 2 unspecified atom stereocenters. The Balaban J connectivity index is 1.51. The minimum Gasteiger partial charge on any atom is -0.368 e. The van der Waals surface area contributed by atoms with E-state index in [2.05, 4.69) is 52.8 Å². The predicted molar refractivity (Wildman–Crippen MR) is 159 cm³/mol. The third kappa shape index (κ3) is 7.15. The van der Waals surface area contributed by atoms with E-state index >= 15 is 0 Å². The van der Waals surface area contributed by atoms with Crippen LogP contribution in [0.1, 0.15) is 61.3 Å². The summed E-state index contributed by atoms with van der Waals surface area (Å²) in [5.41, 5.74) is 9.58. The molecule has 2 amide bonds. The van der Waals surface area contributed by atoms with Crippen molar-refractivity contribution in [1.29, 1.82) is 0 Å². The zero-order valence-electron chi connectivity index (χ0n) is 23.7. The summed E-state index contributed by atoms with van der Waals surface area (Å²) < 4.78 is 0. The zero-order valence-corrected chi connectivity index (χ0v) is 25.2. The number of likely N-dealkylation sites (tertiary alicyclic amines) is 1. The third-order valence-corrected chi connectivity index (χ3v) is 9.35.